The van der Waals surface area contributed by atoms with Gasteiger partial charge in [0.1, 0.15) is 0 Å². The van der Waals surface area contributed by atoms with Crippen molar-refractivity contribution < 1.29 is 4.79 Å². The van der Waals surface area contributed by atoms with Crippen LogP contribution in [-0.2, 0) is 24.3 Å². The fourth-order valence-electron chi connectivity index (χ4n) is 3.81. The summed E-state index contributed by atoms with van der Waals surface area (Å²) >= 11 is 0. The average Bonchev–Trinajstić information content (AvgIpc) is 3.12. The van der Waals surface area contributed by atoms with Gasteiger partial charge in [-0.3, -0.25) is 9.78 Å². The highest BCUT2D eigenvalue weighted by Crippen LogP contribution is 2.24. The normalized spacial score (nSPS) is 14.0. The van der Waals surface area contributed by atoms with Crippen molar-refractivity contribution in [3.63, 3.8) is 0 Å². The minimum Gasteiger partial charge on any atom is -0.380 e. The molecule has 0 atom stereocenters. The van der Waals surface area contributed by atoms with Gasteiger partial charge in [0.25, 0.3) is 0 Å². The van der Waals surface area contributed by atoms with Crippen LogP contribution in [0.5, 0.6) is 0 Å². The lowest BCUT2D eigenvalue weighted by Gasteiger charge is -2.16. The van der Waals surface area contributed by atoms with Crippen molar-refractivity contribution >= 4 is 22.5 Å². The molecule has 1 aliphatic rings. The molecule has 0 radical (unpaired) electrons. The summed E-state index contributed by atoms with van der Waals surface area (Å²) in [7, 11) is 0. The Morgan fingerprint density at radius 2 is 1.86 bits per heavy atom. The lowest BCUT2D eigenvalue weighted by Crippen LogP contribution is -2.23. The van der Waals surface area contributed by atoms with Crippen LogP contribution < -0.4 is 5.32 Å². The Kier molecular flexibility index (Phi) is 5.56. The van der Waals surface area contributed by atoms with Crippen LogP contribution in [0.2, 0.25) is 0 Å². The molecular formula is C24H27N3O. The van der Waals surface area contributed by atoms with E-state index in [0.717, 1.165) is 61.2 Å². The minimum absolute atomic E-state index is 0.276. The molecule has 1 amide bonds. The van der Waals surface area contributed by atoms with Gasteiger partial charge in [-0.25, -0.2) is 0 Å². The Morgan fingerprint density at radius 3 is 2.61 bits per heavy atom. The Labute approximate surface area is 166 Å². The molecule has 2 aromatic carbocycles. The number of amides is 1. The molecular weight excluding hydrogens is 346 g/mol. The standard InChI is InChI=1S/C24H27N3O/c1-2-6-20-15-23(21-7-3-4-8-22(21)26-20)25-16-18-10-12-19(13-11-18)17-27-14-5-9-24(27)28/h3-4,7-8,10-13,15H,2,5-6,9,14,16-17H2,1H3,(H,25,26). The second-order valence-electron chi connectivity index (χ2n) is 7.52. The van der Waals surface area contributed by atoms with Gasteiger partial charge in [-0.1, -0.05) is 55.8 Å². The molecule has 0 unspecified atom stereocenters. The fourth-order valence-corrected chi connectivity index (χ4v) is 3.81. The summed E-state index contributed by atoms with van der Waals surface area (Å²) in [6, 6.07) is 19.1. The summed E-state index contributed by atoms with van der Waals surface area (Å²) in [6.07, 6.45) is 3.76. The summed E-state index contributed by atoms with van der Waals surface area (Å²) in [5.74, 6) is 0.276. The Morgan fingerprint density at radius 1 is 1.07 bits per heavy atom. The molecule has 2 heterocycles. The number of carbonyl (C=O) groups excluding carboxylic acids is 1. The molecule has 1 N–H and O–H groups in total. The van der Waals surface area contributed by atoms with E-state index in [0.29, 0.717) is 6.42 Å². The number of pyridine rings is 1. The first-order valence-corrected chi connectivity index (χ1v) is 10.2. The number of carbonyl (C=O) groups is 1. The number of hydrogen-bond acceptors (Lipinski definition) is 3. The molecule has 1 aliphatic heterocycles. The van der Waals surface area contributed by atoms with E-state index in [4.69, 9.17) is 4.98 Å². The van der Waals surface area contributed by atoms with Crippen molar-refractivity contribution in [3.05, 3.63) is 71.4 Å². The minimum atomic E-state index is 0.276. The molecule has 0 bridgehead atoms. The van der Waals surface area contributed by atoms with E-state index in [1.165, 1.54) is 11.1 Å². The van der Waals surface area contributed by atoms with Gasteiger partial charge in [-0.05, 0) is 36.1 Å². The number of rotatable bonds is 7. The largest absolute Gasteiger partial charge is 0.380 e. The highest BCUT2D eigenvalue weighted by Gasteiger charge is 2.19. The van der Waals surface area contributed by atoms with E-state index in [-0.39, 0.29) is 5.91 Å². The van der Waals surface area contributed by atoms with Crippen molar-refractivity contribution in [2.75, 3.05) is 11.9 Å². The predicted molar refractivity (Wildman–Crippen MR) is 114 cm³/mol. The van der Waals surface area contributed by atoms with Crippen molar-refractivity contribution in [2.45, 2.75) is 45.7 Å². The van der Waals surface area contributed by atoms with E-state index < -0.39 is 0 Å². The van der Waals surface area contributed by atoms with E-state index >= 15 is 0 Å². The van der Waals surface area contributed by atoms with Gasteiger partial charge in [0.05, 0.1) is 5.52 Å². The van der Waals surface area contributed by atoms with Gasteiger partial charge < -0.3 is 10.2 Å². The van der Waals surface area contributed by atoms with Crippen LogP contribution in [0.15, 0.2) is 54.6 Å². The molecule has 4 rings (SSSR count). The highest BCUT2D eigenvalue weighted by atomic mass is 16.2. The first-order valence-electron chi connectivity index (χ1n) is 10.2. The highest BCUT2D eigenvalue weighted by molar-refractivity contribution is 5.91. The van der Waals surface area contributed by atoms with Crippen LogP contribution in [0, 0.1) is 0 Å². The van der Waals surface area contributed by atoms with Crippen LogP contribution >= 0.6 is 0 Å². The number of aromatic nitrogens is 1. The number of likely N-dealkylation sites (tertiary alicyclic amines) is 1. The molecule has 0 spiro atoms. The molecule has 0 aliphatic carbocycles. The topological polar surface area (TPSA) is 45.2 Å². The zero-order valence-corrected chi connectivity index (χ0v) is 16.4. The first kappa shape index (κ1) is 18.5. The maximum Gasteiger partial charge on any atom is 0.222 e. The number of anilines is 1. The number of para-hydroxylation sites is 1. The maximum absolute atomic E-state index is 11.8. The maximum atomic E-state index is 11.8. The molecule has 4 nitrogen and oxygen atoms in total. The lowest BCUT2D eigenvalue weighted by molar-refractivity contribution is -0.128. The zero-order valence-electron chi connectivity index (χ0n) is 16.4. The van der Waals surface area contributed by atoms with Gasteiger partial charge >= 0.3 is 0 Å². The van der Waals surface area contributed by atoms with Crippen LogP contribution in [-0.4, -0.2) is 22.3 Å². The fraction of sp³-hybridized carbons (Fsp3) is 0.333. The van der Waals surface area contributed by atoms with Crippen molar-refractivity contribution in [2.24, 2.45) is 0 Å². The lowest BCUT2D eigenvalue weighted by atomic mass is 10.1. The quantitative estimate of drug-likeness (QED) is 0.639. The molecule has 1 fully saturated rings. The number of benzene rings is 2. The Balaban J connectivity index is 1.46. The van der Waals surface area contributed by atoms with E-state index in [1.54, 1.807) is 0 Å². The molecule has 4 heteroatoms. The second kappa shape index (κ2) is 8.42. The summed E-state index contributed by atoms with van der Waals surface area (Å²) in [5, 5.41) is 4.76. The number of aryl methyl sites for hydroxylation is 1. The number of nitrogens with one attached hydrogen (secondary N) is 1. The number of fused-ring (bicyclic) bond motifs is 1. The van der Waals surface area contributed by atoms with E-state index in [2.05, 4.69) is 60.8 Å². The monoisotopic (exact) mass is 373 g/mol. The molecule has 1 aromatic heterocycles. The third kappa shape index (κ3) is 4.16. The van der Waals surface area contributed by atoms with Crippen LogP contribution in [0.25, 0.3) is 10.9 Å². The van der Waals surface area contributed by atoms with Gasteiger partial charge in [-0.15, -0.1) is 0 Å². The summed E-state index contributed by atoms with van der Waals surface area (Å²) < 4.78 is 0. The second-order valence-corrected chi connectivity index (χ2v) is 7.52. The van der Waals surface area contributed by atoms with E-state index in [1.807, 2.05) is 11.0 Å². The molecule has 1 saturated heterocycles. The summed E-state index contributed by atoms with van der Waals surface area (Å²) in [4.78, 5) is 18.5. The number of hydrogen-bond donors (Lipinski definition) is 1. The predicted octanol–water partition coefficient (Wildman–Crippen LogP) is 4.92. The molecule has 3 aromatic rings. The third-order valence-electron chi connectivity index (χ3n) is 5.33. The van der Waals surface area contributed by atoms with Crippen LogP contribution in [0.1, 0.15) is 43.0 Å². The van der Waals surface area contributed by atoms with Crippen LogP contribution in [0.4, 0.5) is 5.69 Å². The summed E-state index contributed by atoms with van der Waals surface area (Å²) in [6.45, 7) is 4.56. The van der Waals surface area contributed by atoms with Gasteiger partial charge in [0.2, 0.25) is 5.91 Å². The zero-order chi connectivity index (χ0) is 19.3. The molecule has 144 valence electrons. The van der Waals surface area contributed by atoms with Gasteiger partial charge in [0, 0.05) is 42.8 Å². The van der Waals surface area contributed by atoms with Gasteiger partial charge in [0.15, 0.2) is 0 Å². The Bertz CT molecular complexity index is 965. The Hall–Kier alpha value is -2.88. The molecule has 28 heavy (non-hydrogen) atoms. The first-order chi connectivity index (χ1) is 13.7. The van der Waals surface area contributed by atoms with Crippen molar-refractivity contribution in [1.82, 2.24) is 9.88 Å². The molecule has 0 saturated carbocycles. The third-order valence-corrected chi connectivity index (χ3v) is 5.33. The van der Waals surface area contributed by atoms with Crippen molar-refractivity contribution in [1.29, 1.82) is 0 Å². The van der Waals surface area contributed by atoms with Gasteiger partial charge in [-0.2, -0.15) is 0 Å². The van der Waals surface area contributed by atoms with E-state index in [9.17, 15) is 4.79 Å². The number of nitrogens with zero attached hydrogens (tertiary/aromatic N) is 2. The van der Waals surface area contributed by atoms with Crippen molar-refractivity contribution in [3.8, 4) is 0 Å². The summed E-state index contributed by atoms with van der Waals surface area (Å²) in [5.41, 5.74) is 5.74. The average molecular weight is 374 g/mol. The smallest absolute Gasteiger partial charge is 0.222 e. The van der Waals surface area contributed by atoms with Crippen LogP contribution in [0.3, 0.4) is 0 Å². The SMILES string of the molecule is CCCc1cc(NCc2ccc(CN3CCCC3=O)cc2)c2ccccc2n1.